The van der Waals surface area contributed by atoms with E-state index in [9.17, 15) is 14.9 Å². The Labute approximate surface area is 198 Å². The zero-order chi connectivity index (χ0) is 23.7. The molecule has 2 aliphatic rings. The molecule has 0 spiro atoms. The van der Waals surface area contributed by atoms with E-state index in [-0.39, 0.29) is 17.0 Å². The number of nitrogens with zero attached hydrogens (tertiary/aromatic N) is 4. The summed E-state index contributed by atoms with van der Waals surface area (Å²) < 4.78 is 7.12. The third-order valence-corrected chi connectivity index (χ3v) is 6.49. The average molecular weight is 455 g/mol. The van der Waals surface area contributed by atoms with E-state index in [1.165, 1.54) is 0 Å². The topological polar surface area (TPSA) is 78.6 Å². The van der Waals surface area contributed by atoms with Crippen LogP contribution in [0.5, 0.6) is 0 Å². The van der Waals surface area contributed by atoms with Gasteiger partial charge in [0.25, 0.3) is 11.5 Å². The number of piperazine rings is 1. The van der Waals surface area contributed by atoms with Crippen molar-refractivity contribution in [2.75, 3.05) is 37.7 Å². The first-order valence-electron chi connectivity index (χ1n) is 11.5. The van der Waals surface area contributed by atoms with Crippen molar-refractivity contribution in [3.05, 3.63) is 87.4 Å². The van der Waals surface area contributed by atoms with Crippen molar-refractivity contribution in [3.8, 4) is 6.07 Å². The number of amides is 1. The summed E-state index contributed by atoms with van der Waals surface area (Å²) in [6.45, 7) is 5.05. The van der Waals surface area contributed by atoms with Crippen LogP contribution >= 0.6 is 0 Å². The van der Waals surface area contributed by atoms with Crippen LogP contribution in [-0.4, -0.2) is 48.2 Å². The van der Waals surface area contributed by atoms with Gasteiger partial charge in [-0.15, -0.1) is 0 Å². The molecule has 3 aromatic rings. The monoisotopic (exact) mass is 454 g/mol. The van der Waals surface area contributed by atoms with Crippen LogP contribution < -0.4 is 10.5 Å². The lowest BCUT2D eigenvalue weighted by Crippen LogP contribution is -2.50. The summed E-state index contributed by atoms with van der Waals surface area (Å²) in [5, 5.41) is 10.9. The molecule has 1 fully saturated rings. The van der Waals surface area contributed by atoms with Crippen LogP contribution in [0.3, 0.4) is 0 Å². The molecule has 34 heavy (non-hydrogen) atoms. The Morgan fingerprint density at radius 3 is 2.53 bits per heavy atom. The van der Waals surface area contributed by atoms with E-state index in [1.807, 2.05) is 61.5 Å². The number of aromatic nitrogens is 1. The molecule has 3 heterocycles. The SMILES string of the molecule is Cc1ccc2c(c1)c(N1CCN(C(=O)C3=CCCO3)CC1)c(C#N)c(=O)n2Cc1ccccc1. The van der Waals surface area contributed by atoms with Gasteiger partial charge in [-0.25, -0.2) is 0 Å². The van der Waals surface area contributed by atoms with Crippen LogP contribution in [0.2, 0.25) is 0 Å². The van der Waals surface area contributed by atoms with Gasteiger partial charge >= 0.3 is 0 Å². The number of anilines is 1. The molecule has 0 N–H and O–H groups in total. The second-order valence-electron chi connectivity index (χ2n) is 8.72. The van der Waals surface area contributed by atoms with Gasteiger partial charge in [0.15, 0.2) is 5.76 Å². The van der Waals surface area contributed by atoms with E-state index < -0.39 is 0 Å². The molecule has 7 heteroatoms. The average Bonchev–Trinajstić information content (AvgIpc) is 3.41. The normalized spacial score (nSPS) is 15.7. The number of fused-ring (bicyclic) bond motifs is 1. The highest BCUT2D eigenvalue weighted by molar-refractivity contribution is 5.96. The summed E-state index contributed by atoms with van der Waals surface area (Å²) in [4.78, 5) is 30.1. The minimum Gasteiger partial charge on any atom is -0.488 e. The highest BCUT2D eigenvalue weighted by Crippen LogP contribution is 2.31. The second-order valence-corrected chi connectivity index (χ2v) is 8.72. The number of carbonyl (C=O) groups excluding carboxylic acids is 1. The van der Waals surface area contributed by atoms with Gasteiger partial charge in [-0.2, -0.15) is 5.26 Å². The van der Waals surface area contributed by atoms with E-state index in [2.05, 4.69) is 11.0 Å². The van der Waals surface area contributed by atoms with Crippen molar-refractivity contribution in [1.29, 1.82) is 5.26 Å². The fourth-order valence-electron chi connectivity index (χ4n) is 4.76. The molecule has 1 amide bonds. The maximum absolute atomic E-state index is 13.5. The second kappa shape index (κ2) is 9.06. The molecule has 0 atom stereocenters. The van der Waals surface area contributed by atoms with Crippen LogP contribution in [0.25, 0.3) is 10.9 Å². The summed E-state index contributed by atoms with van der Waals surface area (Å²) >= 11 is 0. The molecule has 0 saturated carbocycles. The van der Waals surface area contributed by atoms with Crippen molar-refractivity contribution in [2.45, 2.75) is 19.9 Å². The molecule has 7 nitrogen and oxygen atoms in total. The molecule has 0 bridgehead atoms. The zero-order valence-corrected chi connectivity index (χ0v) is 19.2. The Hall–Kier alpha value is -4.05. The number of rotatable bonds is 4. The van der Waals surface area contributed by atoms with Crippen LogP contribution in [0.1, 0.15) is 23.1 Å². The minimum absolute atomic E-state index is 0.0864. The maximum atomic E-state index is 13.5. The number of aryl methyl sites for hydroxylation is 1. The van der Waals surface area contributed by atoms with Gasteiger partial charge in [-0.1, -0.05) is 42.0 Å². The third kappa shape index (κ3) is 3.92. The zero-order valence-electron chi connectivity index (χ0n) is 19.2. The van der Waals surface area contributed by atoms with Crippen LogP contribution in [-0.2, 0) is 16.1 Å². The quantitative estimate of drug-likeness (QED) is 0.605. The fourth-order valence-corrected chi connectivity index (χ4v) is 4.76. The molecular formula is C27H26N4O3. The van der Waals surface area contributed by atoms with Gasteiger partial charge in [0, 0.05) is 38.0 Å². The Kier molecular flexibility index (Phi) is 5.81. The van der Waals surface area contributed by atoms with E-state index in [0.29, 0.717) is 50.8 Å². The summed E-state index contributed by atoms with van der Waals surface area (Å²) in [5.74, 6) is 0.340. The number of hydrogen-bond donors (Lipinski definition) is 0. The molecule has 0 radical (unpaired) electrons. The van der Waals surface area contributed by atoms with E-state index in [0.717, 1.165) is 28.5 Å². The van der Waals surface area contributed by atoms with Gasteiger partial charge in [-0.05, 0) is 30.7 Å². The Morgan fingerprint density at radius 2 is 1.85 bits per heavy atom. The molecule has 1 saturated heterocycles. The van der Waals surface area contributed by atoms with Gasteiger partial charge in [0.2, 0.25) is 0 Å². The summed E-state index contributed by atoms with van der Waals surface area (Å²) in [6.07, 6.45) is 2.60. The lowest BCUT2D eigenvalue weighted by atomic mass is 10.0. The molecule has 172 valence electrons. The molecule has 5 rings (SSSR count). The van der Waals surface area contributed by atoms with E-state index >= 15 is 0 Å². The van der Waals surface area contributed by atoms with Crippen LogP contribution in [0.15, 0.2) is 65.2 Å². The van der Waals surface area contributed by atoms with Crippen molar-refractivity contribution in [2.24, 2.45) is 0 Å². The molecule has 2 aromatic carbocycles. The first-order valence-corrected chi connectivity index (χ1v) is 11.5. The Bertz CT molecular complexity index is 1380. The van der Waals surface area contributed by atoms with Crippen molar-refractivity contribution in [1.82, 2.24) is 9.47 Å². The number of hydrogen-bond acceptors (Lipinski definition) is 5. The van der Waals surface area contributed by atoms with E-state index in [4.69, 9.17) is 4.74 Å². The van der Waals surface area contributed by atoms with Crippen molar-refractivity contribution in [3.63, 3.8) is 0 Å². The lowest BCUT2D eigenvalue weighted by molar-refractivity contribution is -0.130. The summed E-state index contributed by atoms with van der Waals surface area (Å²) in [7, 11) is 0. The molecule has 0 unspecified atom stereocenters. The highest BCUT2D eigenvalue weighted by atomic mass is 16.5. The number of nitriles is 1. The number of ether oxygens (including phenoxy) is 1. The Morgan fingerprint density at radius 1 is 1.09 bits per heavy atom. The molecule has 1 aromatic heterocycles. The first kappa shape index (κ1) is 21.8. The van der Waals surface area contributed by atoms with Crippen LogP contribution in [0, 0.1) is 18.3 Å². The van der Waals surface area contributed by atoms with Gasteiger partial charge < -0.3 is 19.1 Å². The number of benzene rings is 2. The van der Waals surface area contributed by atoms with Crippen molar-refractivity contribution >= 4 is 22.5 Å². The minimum atomic E-state index is -0.291. The largest absolute Gasteiger partial charge is 0.488 e. The van der Waals surface area contributed by atoms with Gasteiger partial charge in [0.1, 0.15) is 11.6 Å². The standard InChI is InChI=1S/C27H26N4O3/c1-19-9-10-23-21(16-19)25(22(17-28)26(32)31(23)18-20-6-3-2-4-7-20)29-11-13-30(14-12-29)27(33)24-8-5-15-34-24/h2-4,6-10,16H,5,11-15,18H2,1H3. The fraction of sp³-hybridized carbons (Fsp3) is 0.296. The molecule has 0 aliphatic carbocycles. The predicted octanol–water partition coefficient (Wildman–Crippen LogP) is 3.18. The number of pyridine rings is 1. The summed E-state index contributed by atoms with van der Waals surface area (Å²) in [6, 6.07) is 18.0. The highest BCUT2D eigenvalue weighted by Gasteiger charge is 2.29. The Balaban J connectivity index is 1.53. The predicted molar refractivity (Wildman–Crippen MR) is 131 cm³/mol. The third-order valence-electron chi connectivity index (χ3n) is 6.49. The van der Waals surface area contributed by atoms with E-state index in [1.54, 1.807) is 9.47 Å². The maximum Gasteiger partial charge on any atom is 0.288 e. The molecule has 2 aliphatic heterocycles. The van der Waals surface area contributed by atoms with Crippen molar-refractivity contribution < 1.29 is 9.53 Å². The van der Waals surface area contributed by atoms with Gasteiger partial charge in [0.05, 0.1) is 24.4 Å². The molecular weight excluding hydrogens is 428 g/mol. The lowest BCUT2D eigenvalue weighted by Gasteiger charge is -2.37. The smallest absolute Gasteiger partial charge is 0.288 e. The summed E-state index contributed by atoms with van der Waals surface area (Å²) in [5.41, 5.74) is 3.38. The first-order chi connectivity index (χ1) is 16.6. The van der Waals surface area contributed by atoms with Gasteiger partial charge in [-0.3, -0.25) is 9.59 Å². The van der Waals surface area contributed by atoms with Crippen LogP contribution in [0.4, 0.5) is 5.69 Å². The number of carbonyl (C=O) groups is 1.